The minimum atomic E-state index is 0.910. The lowest BCUT2D eigenvalue weighted by Crippen LogP contribution is -2.26. The Labute approximate surface area is 300 Å². The van der Waals surface area contributed by atoms with E-state index in [9.17, 15) is 0 Å². The summed E-state index contributed by atoms with van der Waals surface area (Å²) in [6, 6.07) is 56.5. The Hall–Kier alpha value is -6.84. The fourth-order valence-corrected chi connectivity index (χ4v) is 7.94. The Morgan fingerprint density at radius 2 is 1.04 bits per heavy atom. The minimum absolute atomic E-state index is 0.910. The first-order valence-electron chi connectivity index (χ1n) is 17.7. The summed E-state index contributed by atoms with van der Waals surface area (Å²) in [6.07, 6.45) is 6.33. The predicted molar refractivity (Wildman–Crippen MR) is 220 cm³/mol. The summed E-state index contributed by atoms with van der Waals surface area (Å²) in [7, 11) is 0. The third-order valence-electron chi connectivity index (χ3n) is 10.4. The number of nitrogens with zero attached hydrogens (tertiary/aromatic N) is 2. The van der Waals surface area contributed by atoms with Crippen LogP contribution < -0.4 is 10.6 Å². The zero-order valence-corrected chi connectivity index (χ0v) is 28.8. The molecule has 0 bridgehead atoms. The van der Waals surface area contributed by atoms with Crippen molar-refractivity contribution in [2.24, 2.45) is 0 Å². The molecule has 0 N–H and O–H groups in total. The van der Waals surface area contributed by atoms with Gasteiger partial charge in [0, 0.05) is 48.9 Å². The van der Waals surface area contributed by atoms with Gasteiger partial charge in [0.1, 0.15) is 11.2 Å². The van der Waals surface area contributed by atoms with Crippen LogP contribution in [0.4, 0.5) is 0 Å². The van der Waals surface area contributed by atoms with E-state index in [0.29, 0.717) is 0 Å². The first-order chi connectivity index (χ1) is 25.7. The maximum Gasteiger partial charge on any atom is 0.136 e. The molecular formula is C49H34N2O. The molecule has 0 saturated carbocycles. The van der Waals surface area contributed by atoms with Crippen molar-refractivity contribution in [1.82, 2.24) is 9.13 Å². The SMILES string of the molecule is C=c1/c(=C\C=C/C)c2cc(-c3ccc4c(c3)c3ccccc3n4-c3ccc(-c4ccc5c(c4)oc4ccccc45)cc3)ccc2n1-c1ccccc1. The molecule has 3 nitrogen and oxygen atoms in total. The fourth-order valence-electron chi connectivity index (χ4n) is 7.94. The molecule has 52 heavy (non-hydrogen) atoms. The minimum Gasteiger partial charge on any atom is -0.456 e. The van der Waals surface area contributed by atoms with Crippen LogP contribution in [0, 0.1) is 0 Å². The van der Waals surface area contributed by atoms with Gasteiger partial charge in [0.2, 0.25) is 0 Å². The van der Waals surface area contributed by atoms with Crippen LogP contribution in [-0.4, -0.2) is 9.13 Å². The van der Waals surface area contributed by atoms with Crippen molar-refractivity contribution in [3.05, 3.63) is 180 Å². The Morgan fingerprint density at radius 3 is 1.83 bits per heavy atom. The van der Waals surface area contributed by atoms with Crippen LogP contribution in [0.1, 0.15) is 6.92 Å². The van der Waals surface area contributed by atoms with Crippen molar-refractivity contribution in [2.45, 2.75) is 6.92 Å². The van der Waals surface area contributed by atoms with Crippen molar-refractivity contribution < 1.29 is 4.42 Å². The van der Waals surface area contributed by atoms with Gasteiger partial charge in [0.05, 0.1) is 16.6 Å². The quantitative estimate of drug-likeness (QED) is 0.179. The molecule has 7 aromatic carbocycles. The zero-order valence-electron chi connectivity index (χ0n) is 28.8. The summed E-state index contributed by atoms with van der Waals surface area (Å²) in [5.74, 6) is 0. The monoisotopic (exact) mass is 666 g/mol. The number of hydrogen-bond acceptors (Lipinski definition) is 1. The van der Waals surface area contributed by atoms with Gasteiger partial charge >= 0.3 is 0 Å². The first kappa shape index (κ1) is 30.0. The number of fused-ring (bicyclic) bond motifs is 7. The fraction of sp³-hybridized carbons (Fsp3) is 0.0204. The van der Waals surface area contributed by atoms with Gasteiger partial charge in [-0.1, -0.05) is 110 Å². The predicted octanol–water partition coefficient (Wildman–Crippen LogP) is 11.7. The van der Waals surface area contributed by atoms with Gasteiger partial charge in [-0.15, -0.1) is 0 Å². The average molecular weight is 667 g/mol. The molecule has 0 aliphatic carbocycles. The largest absolute Gasteiger partial charge is 0.456 e. The van der Waals surface area contributed by atoms with Gasteiger partial charge in [-0.3, -0.25) is 0 Å². The van der Waals surface area contributed by atoms with Crippen molar-refractivity contribution in [3.8, 4) is 33.6 Å². The van der Waals surface area contributed by atoms with E-state index in [1.165, 1.54) is 38.3 Å². The number of benzene rings is 7. The van der Waals surface area contributed by atoms with Crippen LogP contribution in [0.5, 0.6) is 0 Å². The average Bonchev–Trinajstić information content (AvgIpc) is 3.83. The lowest BCUT2D eigenvalue weighted by atomic mass is 10.0. The highest BCUT2D eigenvalue weighted by Crippen LogP contribution is 2.37. The molecule has 3 heterocycles. The second-order valence-corrected chi connectivity index (χ2v) is 13.4. The summed E-state index contributed by atoms with van der Waals surface area (Å²) >= 11 is 0. The van der Waals surface area contributed by atoms with Crippen LogP contribution in [0.15, 0.2) is 174 Å². The van der Waals surface area contributed by atoms with E-state index >= 15 is 0 Å². The van der Waals surface area contributed by atoms with Gasteiger partial charge in [-0.05, 0) is 102 Å². The van der Waals surface area contributed by atoms with E-state index in [1.54, 1.807) is 0 Å². The van der Waals surface area contributed by atoms with Crippen molar-refractivity contribution in [2.75, 3.05) is 0 Å². The second kappa shape index (κ2) is 11.9. The molecule has 0 radical (unpaired) electrons. The summed E-state index contributed by atoms with van der Waals surface area (Å²) in [4.78, 5) is 0. The maximum atomic E-state index is 6.19. The molecule has 0 unspecified atom stereocenters. The van der Waals surface area contributed by atoms with Gasteiger partial charge in [0.25, 0.3) is 0 Å². The first-order valence-corrected chi connectivity index (χ1v) is 17.7. The molecule has 10 aromatic rings. The highest BCUT2D eigenvalue weighted by molar-refractivity contribution is 6.11. The smallest absolute Gasteiger partial charge is 0.136 e. The number of furan rings is 1. The van der Waals surface area contributed by atoms with E-state index in [0.717, 1.165) is 60.5 Å². The normalized spacial score (nSPS) is 12.4. The van der Waals surface area contributed by atoms with Gasteiger partial charge in [-0.25, -0.2) is 0 Å². The number of allylic oxidation sites excluding steroid dienone is 2. The van der Waals surface area contributed by atoms with E-state index in [2.05, 4.69) is 180 Å². The molecule has 3 aromatic heterocycles. The van der Waals surface area contributed by atoms with Crippen molar-refractivity contribution in [1.29, 1.82) is 0 Å². The summed E-state index contributed by atoms with van der Waals surface area (Å²) in [5.41, 5.74) is 12.2. The highest BCUT2D eigenvalue weighted by atomic mass is 16.3. The number of para-hydroxylation sites is 3. The third kappa shape index (κ3) is 4.67. The number of rotatable bonds is 5. The molecule has 0 aliphatic rings. The van der Waals surface area contributed by atoms with Crippen LogP contribution in [0.3, 0.4) is 0 Å². The molecule has 0 amide bonds. The Morgan fingerprint density at radius 1 is 0.462 bits per heavy atom. The van der Waals surface area contributed by atoms with Crippen LogP contribution >= 0.6 is 0 Å². The van der Waals surface area contributed by atoms with Crippen LogP contribution in [0.25, 0.3) is 101 Å². The van der Waals surface area contributed by atoms with Gasteiger partial charge in [0.15, 0.2) is 0 Å². The molecule has 0 spiro atoms. The van der Waals surface area contributed by atoms with E-state index in [1.807, 2.05) is 19.1 Å². The van der Waals surface area contributed by atoms with Crippen LogP contribution in [-0.2, 0) is 0 Å². The lowest BCUT2D eigenvalue weighted by Gasteiger charge is -2.10. The Kier molecular flexibility index (Phi) is 6.87. The molecule has 0 aliphatic heterocycles. The summed E-state index contributed by atoms with van der Waals surface area (Å²) in [5, 5.41) is 8.06. The lowest BCUT2D eigenvalue weighted by molar-refractivity contribution is 0.669. The summed E-state index contributed by atoms with van der Waals surface area (Å²) in [6.45, 7) is 6.58. The Bertz CT molecular complexity index is 3140. The third-order valence-corrected chi connectivity index (χ3v) is 10.4. The summed E-state index contributed by atoms with van der Waals surface area (Å²) < 4.78 is 10.8. The number of aromatic nitrogens is 2. The van der Waals surface area contributed by atoms with Crippen molar-refractivity contribution >= 4 is 67.3 Å². The van der Waals surface area contributed by atoms with Gasteiger partial charge in [-0.2, -0.15) is 0 Å². The molecule has 3 heteroatoms. The molecule has 10 rings (SSSR count). The molecule has 246 valence electrons. The second-order valence-electron chi connectivity index (χ2n) is 13.4. The van der Waals surface area contributed by atoms with Gasteiger partial charge < -0.3 is 13.6 Å². The van der Waals surface area contributed by atoms with Crippen molar-refractivity contribution in [3.63, 3.8) is 0 Å². The molecule has 0 saturated heterocycles. The molecular weight excluding hydrogens is 633 g/mol. The molecule has 0 fully saturated rings. The van der Waals surface area contributed by atoms with E-state index < -0.39 is 0 Å². The van der Waals surface area contributed by atoms with E-state index in [-0.39, 0.29) is 0 Å². The maximum absolute atomic E-state index is 6.19. The highest BCUT2D eigenvalue weighted by Gasteiger charge is 2.15. The topological polar surface area (TPSA) is 23.0 Å². The zero-order chi connectivity index (χ0) is 34.8. The number of hydrogen-bond donors (Lipinski definition) is 0. The Balaban J connectivity index is 1.07. The van der Waals surface area contributed by atoms with Crippen LogP contribution in [0.2, 0.25) is 0 Å². The molecule has 0 atom stereocenters. The van der Waals surface area contributed by atoms with E-state index in [4.69, 9.17) is 4.42 Å². The standard InChI is InChI=1S/C49H34N2O/c1-3-4-14-39-32(2)50(37-12-6-5-7-13-37)46-27-22-34(29-43(39)46)35-23-28-47-44(30-35)40-15-8-10-17-45(40)51(47)38-24-19-33(20-25-38)36-21-26-42-41-16-9-11-18-48(41)52-49(42)31-36/h3-31H,2H2,1H3/b4-3-,39-14+.